The van der Waals surface area contributed by atoms with Gasteiger partial charge in [-0.2, -0.15) is 0 Å². The Morgan fingerprint density at radius 2 is 2.25 bits per heavy atom. The summed E-state index contributed by atoms with van der Waals surface area (Å²) >= 11 is 0. The summed E-state index contributed by atoms with van der Waals surface area (Å²) in [5.74, 6) is 0.0373. The summed E-state index contributed by atoms with van der Waals surface area (Å²) in [5.41, 5.74) is 1.61. The zero-order valence-corrected chi connectivity index (χ0v) is 11.1. The van der Waals surface area contributed by atoms with E-state index >= 15 is 0 Å². The summed E-state index contributed by atoms with van der Waals surface area (Å²) in [7, 11) is 0. The molecule has 1 aliphatic heterocycles. The lowest BCUT2D eigenvalue weighted by molar-refractivity contribution is 0.0913. The van der Waals surface area contributed by atoms with Gasteiger partial charge in [0, 0.05) is 24.2 Å². The number of aromatic nitrogens is 1. The predicted molar refractivity (Wildman–Crippen MR) is 75.3 cm³/mol. The molecule has 0 saturated carbocycles. The first-order chi connectivity index (χ1) is 9.83. The Balaban J connectivity index is 1.62. The summed E-state index contributed by atoms with van der Waals surface area (Å²) in [6.07, 6.45) is 2.27. The van der Waals surface area contributed by atoms with E-state index in [9.17, 15) is 4.79 Å². The van der Waals surface area contributed by atoms with Crippen molar-refractivity contribution in [2.75, 3.05) is 13.1 Å². The van der Waals surface area contributed by atoms with Crippen LogP contribution in [0.3, 0.4) is 0 Å². The largest absolute Gasteiger partial charge is 0.350 e. The minimum Gasteiger partial charge on any atom is -0.350 e. The third-order valence-electron chi connectivity index (χ3n) is 3.47. The van der Waals surface area contributed by atoms with Gasteiger partial charge in [0.25, 0.3) is 5.91 Å². The van der Waals surface area contributed by atoms with Gasteiger partial charge in [-0.3, -0.25) is 4.79 Å². The number of nitrogens with one attached hydrogen (secondary N) is 2. The first-order valence-corrected chi connectivity index (χ1v) is 6.86. The average Bonchev–Trinajstić information content (AvgIpc) is 3.17. The van der Waals surface area contributed by atoms with Gasteiger partial charge in [-0.1, -0.05) is 35.5 Å². The first-order valence-electron chi connectivity index (χ1n) is 6.86. The van der Waals surface area contributed by atoms with E-state index < -0.39 is 0 Å². The van der Waals surface area contributed by atoms with Gasteiger partial charge in [0.1, 0.15) is 5.69 Å². The highest BCUT2D eigenvalue weighted by atomic mass is 16.5. The van der Waals surface area contributed by atoms with Crippen LogP contribution in [0.5, 0.6) is 0 Å². The third kappa shape index (κ3) is 2.88. The van der Waals surface area contributed by atoms with Crippen molar-refractivity contribution in [2.24, 2.45) is 0 Å². The molecule has 1 unspecified atom stereocenters. The lowest BCUT2D eigenvalue weighted by atomic mass is 10.1. The molecule has 104 valence electrons. The summed E-state index contributed by atoms with van der Waals surface area (Å²) < 4.78 is 5.11. The molecule has 5 heteroatoms. The molecular formula is C15H17N3O2. The number of carbonyl (C=O) groups is 1. The van der Waals surface area contributed by atoms with Gasteiger partial charge in [0.05, 0.1) is 0 Å². The molecule has 2 N–H and O–H groups in total. The maximum Gasteiger partial charge on any atom is 0.289 e. The van der Waals surface area contributed by atoms with Gasteiger partial charge < -0.3 is 15.2 Å². The van der Waals surface area contributed by atoms with Gasteiger partial charge in [-0.05, 0) is 19.4 Å². The molecule has 0 aliphatic carbocycles. The van der Waals surface area contributed by atoms with Crippen LogP contribution >= 0.6 is 0 Å². The molecule has 5 nitrogen and oxygen atoms in total. The number of hydrogen-bond acceptors (Lipinski definition) is 4. The molecule has 20 heavy (non-hydrogen) atoms. The Morgan fingerprint density at radius 3 is 3.00 bits per heavy atom. The van der Waals surface area contributed by atoms with Gasteiger partial charge in [-0.25, -0.2) is 0 Å². The van der Waals surface area contributed by atoms with Crippen molar-refractivity contribution in [3.63, 3.8) is 0 Å². The number of amides is 1. The molecule has 1 fully saturated rings. The highest BCUT2D eigenvalue weighted by Gasteiger charge is 2.18. The van der Waals surface area contributed by atoms with Crippen molar-refractivity contribution in [2.45, 2.75) is 18.9 Å². The average molecular weight is 271 g/mol. The van der Waals surface area contributed by atoms with E-state index in [2.05, 4.69) is 15.8 Å². The predicted octanol–water partition coefficient (Wildman–Crippen LogP) is 1.82. The fourth-order valence-corrected chi connectivity index (χ4v) is 2.36. The molecule has 0 spiro atoms. The van der Waals surface area contributed by atoms with E-state index in [4.69, 9.17) is 4.52 Å². The van der Waals surface area contributed by atoms with Crippen LogP contribution in [0.2, 0.25) is 0 Å². The molecule has 1 atom stereocenters. The molecule has 0 radical (unpaired) electrons. The van der Waals surface area contributed by atoms with E-state index in [0.29, 0.717) is 18.3 Å². The van der Waals surface area contributed by atoms with Crippen LogP contribution < -0.4 is 10.6 Å². The molecule has 1 aromatic carbocycles. The zero-order valence-electron chi connectivity index (χ0n) is 11.1. The number of rotatable bonds is 4. The number of hydrogen-bond donors (Lipinski definition) is 2. The Hall–Kier alpha value is -2.14. The lowest BCUT2D eigenvalue weighted by Crippen LogP contribution is -2.37. The molecule has 0 bridgehead atoms. The molecule has 1 aliphatic rings. The normalized spacial score (nSPS) is 18.1. The van der Waals surface area contributed by atoms with Crippen LogP contribution in [0.1, 0.15) is 23.4 Å². The minimum absolute atomic E-state index is 0.214. The maximum absolute atomic E-state index is 12.0. The minimum atomic E-state index is -0.214. The van der Waals surface area contributed by atoms with E-state index in [1.165, 1.54) is 6.42 Å². The lowest BCUT2D eigenvalue weighted by Gasteiger charge is -2.09. The van der Waals surface area contributed by atoms with Gasteiger partial charge in [-0.15, -0.1) is 0 Å². The zero-order chi connectivity index (χ0) is 13.8. The maximum atomic E-state index is 12.0. The van der Waals surface area contributed by atoms with E-state index in [1.54, 1.807) is 6.07 Å². The Labute approximate surface area is 117 Å². The van der Waals surface area contributed by atoms with Crippen LogP contribution in [0.15, 0.2) is 40.9 Å². The molecule has 2 heterocycles. The Bertz CT molecular complexity index is 574. The second kappa shape index (κ2) is 5.88. The van der Waals surface area contributed by atoms with Crippen molar-refractivity contribution in [3.05, 3.63) is 42.2 Å². The standard InChI is InChI=1S/C15H17N3O2/c19-15(17-10-12-7-4-8-16-12)14-9-13(18-20-14)11-5-2-1-3-6-11/h1-3,5-6,9,12,16H,4,7-8,10H2,(H,17,19). The van der Waals surface area contributed by atoms with Gasteiger partial charge in [0.15, 0.2) is 0 Å². The molecule has 1 saturated heterocycles. The molecular weight excluding hydrogens is 254 g/mol. The second-order valence-electron chi connectivity index (χ2n) is 4.95. The van der Waals surface area contributed by atoms with E-state index in [-0.39, 0.29) is 11.7 Å². The summed E-state index contributed by atoms with van der Waals surface area (Å²) in [4.78, 5) is 12.0. The van der Waals surface area contributed by atoms with Crippen LogP contribution in [0.4, 0.5) is 0 Å². The number of carbonyl (C=O) groups excluding carboxylic acids is 1. The molecule has 1 amide bonds. The monoisotopic (exact) mass is 271 g/mol. The van der Waals surface area contributed by atoms with Crippen molar-refractivity contribution in [3.8, 4) is 11.3 Å². The molecule has 3 rings (SSSR count). The fourth-order valence-electron chi connectivity index (χ4n) is 2.36. The Morgan fingerprint density at radius 1 is 1.40 bits per heavy atom. The summed E-state index contributed by atoms with van der Waals surface area (Å²) in [6, 6.07) is 11.7. The third-order valence-corrected chi connectivity index (χ3v) is 3.47. The summed E-state index contributed by atoms with van der Waals surface area (Å²) in [6.45, 7) is 1.65. The highest BCUT2D eigenvalue weighted by molar-refractivity contribution is 5.92. The van der Waals surface area contributed by atoms with Crippen molar-refractivity contribution in [1.29, 1.82) is 0 Å². The van der Waals surface area contributed by atoms with Crippen molar-refractivity contribution >= 4 is 5.91 Å². The molecule has 2 aromatic rings. The van der Waals surface area contributed by atoms with Crippen molar-refractivity contribution in [1.82, 2.24) is 15.8 Å². The quantitative estimate of drug-likeness (QED) is 0.890. The fraction of sp³-hybridized carbons (Fsp3) is 0.333. The van der Waals surface area contributed by atoms with Crippen LogP contribution in [-0.2, 0) is 0 Å². The number of benzene rings is 1. The topological polar surface area (TPSA) is 67.2 Å². The smallest absolute Gasteiger partial charge is 0.289 e. The van der Waals surface area contributed by atoms with Crippen LogP contribution in [-0.4, -0.2) is 30.2 Å². The SMILES string of the molecule is O=C(NCC1CCCN1)c1cc(-c2ccccc2)no1. The summed E-state index contributed by atoms with van der Waals surface area (Å²) in [5, 5.41) is 10.1. The first kappa shape index (κ1) is 12.9. The van der Waals surface area contributed by atoms with Gasteiger partial charge in [0.2, 0.25) is 5.76 Å². The highest BCUT2D eigenvalue weighted by Crippen LogP contribution is 2.18. The van der Waals surface area contributed by atoms with Crippen molar-refractivity contribution < 1.29 is 9.32 Å². The van der Waals surface area contributed by atoms with Crippen LogP contribution in [0, 0.1) is 0 Å². The Kier molecular flexibility index (Phi) is 3.78. The van der Waals surface area contributed by atoms with Gasteiger partial charge >= 0.3 is 0 Å². The second-order valence-corrected chi connectivity index (χ2v) is 4.95. The number of nitrogens with zero attached hydrogens (tertiary/aromatic N) is 1. The van der Waals surface area contributed by atoms with E-state index in [0.717, 1.165) is 18.5 Å². The van der Waals surface area contributed by atoms with E-state index in [1.807, 2.05) is 30.3 Å². The van der Waals surface area contributed by atoms with Crippen LogP contribution in [0.25, 0.3) is 11.3 Å². The molecule has 1 aromatic heterocycles.